The van der Waals surface area contributed by atoms with Crippen molar-refractivity contribution in [3.63, 3.8) is 0 Å². The number of methoxy groups -OCH3 is 1. The quantitative estimate of drug-likeness (QED) is 0.270. The van der Waals surface area contributed by atoms with E-state index in [2.05, 4.69) is 10.1 Å². The molecule has 2 amide bonds. The van der Waals surface area contributed by atoms with E-state index in [1.807, 2.05) is 0 Å². The normalized spacial score (nSPS) is 33.4. The highest BCUT2D eigenvalue weighted by atomic mass is 16.7. The van der Waals surface area contributed by atoms with Crippen molar-refractivity contribution in [2.45, 2.75) is 49.6 Å². The van der Waals surface area contributed by atoms with E-state index in [4.69, 9.17) is 10.5 Å². The number of primary amides is 1. The molecule has 0 aromatic rings. The van der Waals surface area contributed by atoms with Crippen LogP contribution in [0.5, 0.6) is 0 Å². The molecule has 11 nitrogen and oxygen atoms in total. The largest absolute Gasteiger partial charge is 0.465 e. The van der Waals surface area contributed by atoms with Gasteiger partial charge in [0.15, 0.2) is 6.10 Å². The number of carbonyl (C=O) groups is 3. The molecule has 0 saturated carbocycles. The van der Waals surface area contributed by atoms with Gasteiger partial charge in [-0.15, -0.1) is 0 Å². The van der Waals surface area contributed by atoms with E-state index in [-0.39, 0.29) is 0 Å². The van der Waals surface area contributed by atoms with Crippen LogP contribution in [0.1, 0.15) is 13.3 Å². The molecule has 0 aromatic carbocycles. The number of rotatable bonds is 5. The summed E-state index contributed by atoms with van der Waals surface area (Å²) < 4.78 is 9.38. The van der Waals surface area contributed by atoms with Crippen molar-refractivity contribution in [1.29, 1.82) is 0 Å². The summed E-state index contributed by atoms with van der Waals surface area (Å²) in [6.07, 6.45) is -8.08. The lowest BCUT2D eigenvalue weighted by atomic mass is 9.88. The Balaban J connectivity index is 3.15. The van der Waals surface area contributed by atoms with Crippen molar-refractivity contribution < 1.29 is 44.3 Å². The van der Waals surface area contributed by atoms with Crippen molar-refractivity contribution in [2.75, 3.05) is 7.11 Å². The molecule has 7 N–H and O–H groups in total. The molecule has 132 valence electrons. The molecule has 1 unspecified atom stereocenters. The van der Waals surface area contributed by atoms with Crippen LogP contribution in [0.25, 0.3) is 0 Å². The van der Waals surface area contributed by atoms with Crippen LogP contribution < -0.4 is 11.1 Å². The monoisotopic (exact) mass is 336 g/mol. The van der Waals surface area contributed by atoms with Gasteiger partial charge in [0.05, 0.1) is 19.3 Å². The van der Waals surface area contributed by atoms with Gasteiger partial charge in [-0.25, -0.2) is 4.79 Å². The lowest BCUT2D eigenvalue weighted by Crippen LogP contribution is -2.67. The summed E-state index contributed by atoms with van der Waals surface area (Å²) in [5.74, 6) is -5.81. The van der Waals surface area contributed by atoms with Crippen molar-refractivity contribution in [2.24, 2.45) is 5.73 Å². The predicted octanol–water partition coefficient (Wildman–Crippen LogP) is -4.29. The predicted molar refractivity (Wildman–Crippen MR) is 71.3 cm³/mol. The second-order valence-corrected chi connectivity index (χ2v) is 5.19. The Morgan fingerprint density at radius 1 is 1.39 bits per heavy atom. The van der Waals surface area contributed by atoms with Gasteiger partial charge >= 0.3 is 5.97 Å². The Morgan fingerprint density at radius 2 is 1.96 bits per heavy atom. The summed E-state index contributed by atoms with van der Waals surface area (Å²) in [4.78, 5) is 33.8. The fraction of sp³-hybridized carbons (Fsp3) is 0.750. The highest BCUT2D eigenvalue weighted by Crippen LogP contribution is 2.31. The number of carbonyl (C=O) groups excluding carboxylic acids is 3. The van der Waals surface area contributed by atoms with E-state index < -0.39 is 60.4 Å². The molecule has 1 fully saturated rings. The lowest BCUT2D eigenvalue weighted by Gasteiger charge is -2.44. The van der Waals surface area contributed by atoms with E-state index in [1.54, 1.807) is 0 Å². The van der Waals surface area contributed by atoms with Crippen molar-refractivity contribution in [3.8, 4) is 0 Å². The molecular formula is C12H20N2O9. The third kappa shape index (κ3) is 4.14. The summed E-state index contributed by atoms with van der Waals surface area (Å²) in [6.45, 7) is 1.11. The minimum atomic E-state index is -2.63. The summed E-state index contributed by atoms with van der Waals surface area (Å²) in [5, 5.41) is 42.0. The van der Waals surface area contributed by atoms with Crippen LogP contribution in [0.4, 0.5) is 0 Å². The van der Waals surface area contributed by atoms with Gasteiger partial charge in [0.2, 0.25) is 11.8 Å². The van der Waals surface area contributed by atoms with E-state index >= 15 is 0 Å². The molecule has 1 aliphatic heterocycles. The molecule has 1 rings (SSSR count). The first-order valence-electron chi connectivity index (χ1n) is 6.62. The van der Waals surface area contributed by atoms with E-state index in [0.29, 0.717) is 0 Å². The second-order valence-electron chi connectivity index (χ2n) is 5.19. The summed E-state index contributed by atoms with van der Waals surface area (Å²) in [5.41, 5.74) is 4.87. The standard InChI is InChI=1S/C12H20N2O9/c1-4(15)14-6-5(16)3-12(21,11(20)22-2)23-9(6)7(17)8(18)10(13)19/h5-9,16-18,21H,3H2,1-2H3,(H2,13,19)(H,14,15)/t5-,6+,7+,8-,9?,12-/m0/s1. The zero-order chi connectivity index (χ0) is 17.9. The highest BCUT2D eigenvalue weighted by Gasteiger charge is 2.54. The number of hydrogen-bond acceptors (Lipinski definition) is 9. The molecule has 0 aliphatic carbocycles. The van der Waals surface area contributed by atoms with Crippen LogP contribution in [-0.4, -0.2) is 81.6 Å². The van der Waals surface area contributed by atoms with Gasteiger partial charge in [-0.3, -0.25) is 9.59 Å². The van der Waals surface area contributed by atoms with Gasteiger partial charge in [0, 0.05) is 13.3 Å². The van der Waals surface area contributed by atoms with Crippen LogP contribution in [0.2, 0.25) is 0 Å². The van der Waals surface area contributed by atoms with Crippen molar-refractivity contribution in [1.82, 2.24) is 5.32 Å². The minimum Gasteiger partial charge on any atom is -0.465 e. The first-order valence-corrected chi connectivity index (χ1v) is 6.62. The summed E-state index contributed by atoms with van der Waals surface area (Å²) in [6, 6.07) is -1.32. The van der Waals surface area contributed by atoms with Crippen LogP contribution in [0.3, 0.4) is 0 Å². The number of aliphatic hydroxyl groups excluding tert-OH is 3. The number of ether oxygens (including phenoxy) is 2. The number of aliphatic hydroxyl groups is 4. The summed E-state index contributed by atoms with van der Waals surface area (Å²) >= 11 is 0. The smallest absolute Gasteiger partial charge is 0.366 e. The van der Waals surface area contributed by atoms with Crippen LogP contribution in [0.15, 0.2) is 0 Å². The van der Waals surface area contributed by atoms with Gasteiger partial charge in [0.1, 0.15) is 12.2 Å². The Labute approximate surface area is 131 Å². The second kappa shape index (κ2) is 7.19. The van der Waals surface area contributed by atoms with Gasteiger partial charge in [-0.05, 0) is 0 Å². The van der Waals surface area contributed by atoms with Crippen LogP contribution in [-0.2, 0) is 23.9 Å². The fourth-order valence-electron chi connectivity index (χ4n) is 2.31. The van der Waals surface area contributed by atoms with Crippen LogP contribution >= 0.6 is 0 Å². The van der Waals surface area contributed by atoms with Gasteiger partial charge in [0.25, 0.3) is 5.79 Å². The molecule has 6 atom stereocenters. The molecule has 0 spiro atoms. The Bertz CT molecular complexity index is 485. The SMILES string of the molecule is COC(=O)[C@]1(O)C[C@H](O)[C@@H](NC(C)=O)C([C@H](O)[C@H](O)C(N)=O)O1. The van der Waals surface area contributed by atoms with Gasteiger partial charge in [-0.1, -0.05) is 0 Å². The number of nitrogens with one attached hydrogen (secondary N) is 1. The number of amides is 2. The molecule has 0 aromatic heterocycles. The maximum absolute atomic E-state index is 11.6. The zero-order valence-corrected chi connectivity index (χ0v) is 12.5. The average molecular weight is 336 g/mol. The molecule has 1 heterocycles. The number of esters is 1. The topological polar surface area (TPSA) is 189 Å². The van der Waals surface area contributed by atoms with E-state index in [0.717, 1.165) is 14.0 Å². The molecular weight excluding hydrogens is 316 g/mol. The maximum atomic E-state index is 11.6. The third-order valence-electron chi connectivity index (χ3n) is 3.41. The first kappa shape index (κ1) is 19.3. The van der Waals surface area contributed by atoms with Crippen molar-refractivity contribution in [3.05, 3.63) is 0 Å². The van der Waals surface area contributed by atoms with E-state index in [9.17, 15) is 34.8 Å². The Hall–Kier alpha value is -1.79. The molecule has 0 radical (unpaired) electrons. The van der Waals surface area contributed by atoms with Crippen LogP contribution in [0, 0.1) is 0 Å². The van der Waals surface area contributed by atoms with Gasteiger partial charge in [-0.2, -0.15) is 0 Å². The van der Waals surface area contributed by atoms with Crippen molar-refractivity contribution >= 4 is 17.8 Å². The molecule has 1 aliphatic rings. The average Bonchev–Trinajstić information content (AvgIpc) is 2.46. The van der Waals surface area contributed by atoms with E-state index in [1.165, 1.54) is 0 Å². The Morgan fingerprint density at radius 3 is 2.39 bits per heavy atom. The summed E-state index contributed by atoms with van der Waals surface area (Å²) in [7, 11) is 0.958. The van der Waals surface area contributed by atoms with Gasteiger partial charge < -0.3 is 41.0 Å². The molecule has 23 heavy (non-hydrogen) atoms. The third-order valence-corrected chi connectivity index (χ3v) is 3.41. The lowest BCUT2D eigenvalue weighted by molar-refractivity contribution is -0.294. The molecule has 11 heteroatoms. The first-order chi connectivity index (χ1) is 10.5. The Kier molecular flexibility index (Phi) is 6.02. The molecule has 1 saturated heterocycles. The molecule has 0 bridgehead atoms. The minimum absolute atomic E-state index is 0.619. The zero-order valence-electron chi connectivity index (χ0n) is 12.5. The maximum Gasteiger partial charge on any atom is 0.366 e. The fourth-order valence-corrected chi connectivity index (χ4v) is 2.31. The number of nitrogens with two attached hydrogens (primary N) is 1. The number of hydrogen-bond donors (Lipinski definition) is 6. The highest BCUT2D eigenvalue weighted by molar-refractivity contribution is 5.80.